The standard InChI is InChI=1S/C17H24N4O3/c1-3-5-20-15-13(16(22)21(6-4-2)17(20)23)18-14(19-15)11-7-10-8-12(11)24-9-10/h10-12H,3-9H2,1-2H3,(H,18,19)/t10?,11-,12?/m0/s1. The Morgan fingerprint density at radius 2 is 1.92 bits per heavy atom. The second-order valence-corrected chi connectivity index (χ2v) is 7.03. The van der Waals surface area contributed by atoms with E-state index in [1.165, 1.54) is 4.57 Å². The first-order valence-electron chi connectivity index (χ1n) is 8.98. The van der Waals surface area contributed by atoms with Crippen LogP contribution in [0.15, 0.2) is 9.59 Å². The van der Waals surface area contributed by atoms with Crippen LogP contribution in [-0.4, -0.2) is 31.8 Å². The molecule has 0 amide bonds. The molecule has 130 valence electrons. The topological polar surface area (TPSA) is 81.9 Å². The number of aromatic nitrogens is 4. The molecule has 2 aromatic rings. The molecule has 24 heavy (non-hydrogen) atoms. The normalized spacial score (nSPS) is 25.8. The molecule has 1 aliphatic carbocycles. The SMILES string of the molecule is CCCn1c(=O)c2[nH]c([C@H]3CC4COC3C4)nc2n(CCC)c1=O. The predicted molar refractivity (Wildman–Crippen MR) is 90.4 cm³/mol. The van der Waals surface area contributed by atoms with E-state index in [-0.39, 0.29) is 23.3 Å². The lowest BCUT2D eigenvalue weighted by atomic mass is 10.0. The first-order valence-corrected chi connectivity index (χ1v) is 8.98. The minimum absolute atomic E-state index is 0.194. The van der Waals surface area contributed by atoms with Crippen molar-refractivity contribution in [2.45, 2.75) is 64.6 Å². The van der Waals surface area contributed by atoms with Crippen molar-refractivity contribution >= 4 is 11.2 Å². The van der Waals surface area contributed by atoms with Gasteiger partial charge in [-0.2, -0.15) is 0 Å². The molecule has 4 rings (SSSR count). The Hall–Kier alpha value is -1.89. The van der Waals surface area contributed by atoms with Gasteiger partial charge in [-0.05, 0) is 31.6 Å². The molecule has 2 aliphatic rings. The number of H-pyrrole nitrogens is 1. The van der Waals surface area contributed by atoms with Crippen LogP contribution < -0.4 is 11.2 Å². The van der Waals surface area contributed by atoms with Gasteiger partial charge in [0.15, 0.2) is 5.65 Å². The van der Waals surface area contributed by atoms with Crippen molar-refractivity contribution in [2.75, 3.05) is 6.61 Å². The summed E-state index contributed by atoms with van der Waals surface area (Å²) in [7, 11) is 0. The summed E-state index contributed by atoms with van der Waals surface area (Å²) in [5.41, 5.74) is 0.441. The molecule has 0 spiro atoms. The van der Waals surface area contributed by atoms with Crippen LogP contribution in [0.2, 0.25) is 0 Å². The minimum Gasteiger partial charge on any atom is -0.377 e. The van der Waals surface area contributed by atoms with E-state index in [1.807, 2.05) is 13.8 Å². The average Bonchev–Trinajstić information content (AvgIpc) is 3.29. The number of nitrogens with one attached hydrogen (secondary N) is 1. The number of aromatic amines is 1. The quantitative estimate of drug-likeness (QED) is 0.901. The summed E-state index contributed by atoms with van der Waals surface area (Å²) in [6.07, 6.45) is 3.88. The highest BCUT2D eigenvalue weighted by molar-refractivity contribution is 5.70. The van der Waals surface area contributed by atoms with Crippen molar-refractivity contribution in [3.63, 3.8) is 0 Å². The second-order valence-electron chi connectivity index (χ2n) is 7.03. The highest BCUT2D eigenvalue weighted by Crippen LogP contribution is 2.44. The monoisotopic (exact) mass is 332 g/mol. The van der Waals surface area contributed by atoms with Crippen LogP contribution in [0.1, 0.15) is 51.3 Å². The van der Waals surface area contributed by atoms with E-state index in [2.05, 4.69) is 9.97 Å². The number of fused-ring (bicyclic) bond motifs is 3. The summed E-state index contributed by atoms with van der Waals surface area (Å²) in [5.74, 6) is 1.61. The lowest BCUT2D eigenvalue weighted by Gasteiger charge is -2.19. The maximum Gasteiger partial charge on any atom is 0.332 e. The summed E-state index contributed by atoms with van der Waals surface area (Å²) in [4.78, 5) is 33.3. The molecule has 3 heterocycles. The number of aryl methyl sites for hydroxylation is 1. The first-order chi connectivity index (χ1) is 11.6. The highest BCUT2D eigenvalue weighted by atomic mass is 16.5. The van der Waals surface area contributed by atoms with Gasteiger partial charge in [0.25, 0.3) is 5.56 Å². The number of hydrogen-bond acceptors (Lipinski definition) is 4. The molecule has 2 fully saturated rings. The van der Waals surface area contributed by atoms with Crippen LogP contribution in [0.25, 0.3) is 11.2 Å². The smallest absolute Gasteiger partial charge is 0.332 e. The van der Waals surface area contributed by atoms with Gasteiger partial charge in [-0.25, -0.2) is 9.78 Å². The van der Waals surface area contributed by atoms with Crippen LogP contribution in [0.5, 0.6) is 0 Å². The van der Waals surface area contributed by atoms with Gasteiger partial charge in [0, 0.05) is 25.6 Å². The van der Waals surface area contributed by atoms with Crippen LogP contribution in [-0.2, 0) is 17.8 Å². The summed E-state index contributed by atoms with van der Waals surface area (Å²) in [6.45, 7) is 5.82. The number of rotatable bonds is 5. The van der Waals surface area contributed by atoms with E-state index in [4.69, 9.17) is 4.74 Å². The predicted octanol–water partition coefficient (Wildman–Crippen LogP) is 1.60. The van der Waals surface area contributed by atoms with Crippen molar-refractivity contribution in [3.8, 4) is 0 Å². The van der Waals surface area contributed by atoms with Crippen molar-refractivity contribution in [2.24, 2.45) is 5.92 Å². The third-order valence-electron chi connectivity index (χ3n) is 5.27. The fourth-order valence-corrected chi connectivity index (χ4v) is 4.17. The number of ether oxygens (including phenoxy) is 1. The van der Waals surface area contributed by atoms with Gasteiger partial charge in [0.1, 0.15) is 11.3 Å². The van der Waals surface area contributed by atoms with Crippen LogP contribution in [0.3, 0.4) is 0 Å². The molecular weight excluding hydrogens is 308 g/mol. The maximum atomic E-state index is 12.7. The van der Waals surface area contributed by atoms with Gasteiger partial charge in [-0.15, -0.1) is 0 Å². The van der Waals surface area contributed by atoms with Gasteiger partial charge < -0.3 is 9.72 Å². The minimum atomic E-state index is -0.257. The summed E-state index contributed by atoms with van der Waals surface area (Å²) in [6, 6.07) is 0. The van der Waals surface area contributed by atoms with Gasteiger partial charge in [0.05, 0.1) is 6.10 Å². The largest absolute Gasteiger partial charge is 0.377 e. The molecule has 2 aromatic heterocycles. The Balaban J connectivity index is 1.88. The third-order valence-corrected chi connectivity index (χ3v) is 5.27. The molecule has 2 bridgehead atoms. The Morgan fingerprint density at radius 3 is 2.54 bits per heavy atom. The number of nitrogens with zero attached hydrogens (tertiary/aromatic N) is 3. The Kier molecular flexibility index (Phi) is 3.83. The molecule has 1 N–H and O–H groups in total. The number of hydrogen-bond donors (Lipinski definition) is 1. The Bertz CT molecular complexity index is 878. The zero-order chi connectivity index (χ0) is 16.8. The summed E-state index contributed by atoms with van der Waals surface area (Å²) in [5, 5.41) is 0. The molecule has 2 unspecified atom stereocenters. The highest BCUT2D eigenvalue weighted by Gasteiger charge is 2.43. The molecule has 7 nitrogen and oxygen atoms in total. The zero-order valence-corrected chi connectivity index (χ0v) is 14.2. The van der Waals surface area contributed by atoms with Crippen LogP contribution in [0, 0.1) is 5.92 Å². The molecular formula is C17H24N4O3. The maximum absolute atomic E-state index is 12.7. The van der Waals surface area contributed by atoms with Gasteiger partial charge in [-0.1, -0.05) is 13.8 Å². The third kappa shape index (κ3) is 2.25. The molecule has 0 aromatic carbocycles. The Labute approximate surface area is 139 Å². The van der Waals surface area contributed by atoms with Crippen molar-refractivity contribution in [1.82, 2.24) is 19.1 Å². The molecule has 7 heteroatoms. The lowest BCUT2D eigenvalue weighted by Crippen LogP contribution is -2.40. The van der Waals surface area contributed by atoms with E-state index >= 15 is 0 Å². The van der Waals surface area contributed by atoms with E-state index in [0.29, 0.717) is 30.2 Å². The van der Waals surface area contributed by atoms with E-state index < -0.39 is 0 Å². The molecule has 0 radical (unpaired) electrons. The number of imidazole rings is 1. The molecule has 3 atom stereocenters. The van der Waals surface area contributed by atoms with Gasteiger partial charge in [-0.3, -0.25) is 13.9 Å². The van der Waals surface area contributed by atoms with E-state index in [9.17, 15) is 9.59 Å². The summed E-state index contributed by atoms with van der Waals surface area (Å²) < 4.78 is 8.77. The fourth-order valence-electron chi connectivity index (χ4n) is 4.17. The Morgan fingerprint density at radius 1 is 1.17 bits per heavy atom. The van der Waals surface area contributed by atoms with Crippen molar-refractivity contribution in [3.05, 3.63) is 26.7 Å². The van der Waals surface area contributed by atoms with E-state index in [1.54, 1.807) is 4.57 Å². The average molecular weight is 332 g/mol. The summed E-state index contributed by atoms with van der Waals surface area (Å²) >= 11 is 0. The fraction of sp³-hybridized carbons (Fsp3) is 0.706. The van der Waals surface area contributed by atoms with E-state index in [0.717, 1.165) is 38.1 Å². The van der Waals surface area contributed by atoms with Gasteiger partial charge >= 0.3 is 5.69 Å². The molecule has 1 aliphatic heterocycles. The second kappa shape index (κ2) is 5.88. The first kappa shape index (κ1) is 15.6. The van der Waals surface area contributed by atoms with Crippen LogP contribution >= 0.6 is 0 Å². The molecule has 1 saturated heterocycles. The van der Waals surface area contributed by atoms with Crippen molar-refractivity contribution in [1.29, 1.82) is 0 Å². The van der Waals surface area contributed by atoms with Gasteiger partial charge in [0.2, 0.25) is 0 Å². The lowest BCUT2D eigenvalue weighted by molar-refractivity contribution is 0.0585. The zero-order valence-electron chi connectivity index (χ0n) is 14.2. The van der Waals surface area contributed by atoms with Crippen molar-refractivity contribution < 1.29 is 4.74 Å². The van der Waals surface area contributed by atoms with Crippen LogP contribution in [0.4, 0.5) is 0 Å². The molecule has 1 saturated carbocycles.